The van der Waals surface area contributed by atoms with Gasteiger partial charge in [-0.2, -0.15) is 0 Å². The fourth-order valence-electron chi connectivity index (χ4n) is 6.40. The van der Waals surface area contributed by atoms with Crippen LogP contribution in [0.1, 0.15) is 37.7 Å². The molecule has 0 aromatic heterocycles. The molecule has 7 heteroatoms. The van der Waals surface area contributed by atoms with Gasteiger partial charge >= 0.3 is 0 Å². The molecule has 29 heavy (non-hydrogen) atoms. The van der Waals surface area contributed by atoms with E-state index in [2.05, 4.69) is 10.2 Å². The van der Waals surface area contributed by atoms with E-state index in [0.29, 0.717) is 37.6 Å². The molecule has 1 saturated heterocycles. The van der Waals surface area contributed by atoms with Crippen molar-refractivity contribution < 1.29 is 14.5 Å². The van der Waals surface area contributed by atoms with Gasteiger partial charge in [-0.05, 0) is 61.3 Å². The van der Waals surface area contributed by atoms with Crippen LogP contribution in [0.2, 0.25) is 0 Å². The molecule has 0 spiro atoms. The van der Waals surface area contributed by atoms with Gasteiger partial charge in [0, 0.05) is 37.8 Å². The highest BCUT2D eigenvalue weighted by Crippen LogP contribution is 2.53. The molecule has 1 heterocycles. The van der Waals surface area contributed by atoms with E-state index in [9.17, 15) is 14.9 Å². The summed E-state index contributed by atoms with van der Waals surface area (Å²) in [4.78, 5) is 25.6. The average Bonchev–Trinajstić information content (AvgIpc) is 2.70. The van der Waals surface area contributed by atoms with Crippen molar-refractivity contribution in [3.05, 3.63) is 39.9 Å². The number of amides is 1. The van der Waals surface area contributed by atoms with Gasteiger partial charge in [0.1, 0.15) is 6.10 Å². The molecule has 156 valence electrons. The van der Waals surface area contributed by atoms with Crippen LogP contribution in [-0.2, 0) is 16.1 Å². The third-order valence-corrected chi connectivity index (χ3v) is 7.53. The molecule has 1 aliphatic heterocycles. The molecule has 5 aliphatic rings. The second-order valence-electron chi connectivity index (χ2n) is 9.48. The number of nitrogens with one attached hydrogen (secondary N) is 1. The topological polar surface area (TPSA) is 84.7 Å². The second-order valence-corrected chi connectivity index (χ2v) is 9.48. The van der Waals surface area contributed by atoms with Gasteiger partial charge in [-0.1, -0.05) is 12.1 Å². The number of non-ortho nitro benzene ring substituents is 1. The van der Waals surface area contributed by atoms with Crippen LogP contribution in [0.5, 0.6) is 0 Å². The summed E-state index contributed by atoms with van der Waals surface area (Å²) in [5.41, 5.74) is 1.11. The number of carbonyl (C=O) groups is 1. The molecule has 4 aliphatic carbocycles. The Labute approximate surface area is 170 Å². The first-order valence-electron chi connectivity index (χ1n) is 10.9. The molecular formula is C22H29N3O4. The molecule has 6 rings (SSSR count). The van der Waals surface area contributed by atoms with Crippen LogP contribution >= 0.6 is 0 Å². The Morgan fingerprint density at radius 3 is 2.38 bits per heavy atom. The van der Waals surface area contributed by atoms with E-state index in [4.69, 9.17) is 4.74 Å². The monoisotopic (exact) mass is 399 g/mol. The standard InChI is InChI=1S/C22H29N3O4/c26-22(23-21-17-8-15-7-16(10-17)11-18(21)9-15)20-13-24(5-6-29-20)12-14-1-3-19(4-2-14)25(27)28/h1-4,15-18,20-21H,5-13H2,(H,23,26). The number of nitrogens with zero attached hydrogens (tertiary/aromatic N) is 2. The highest BCUT2D eigenvalue weighted by atomic mass is 16.6. The molecule has 5 fully saturated rings. The molecule has 0 radical (unpaired) electrons. The highest BCUT2D eigenvalue weighted by Gasteiger charge is 2.49. The van der Waals surface area contributed by atoms with Gasteiger partial charge in [0.15, 0.2) is 0 Å². The van der Waals surface area contributed by atoms with Crippen LogP contribution in [-0.4, -0.2) is 47.6 Å². The fraction of sp³-hybridized carbons (Fsp3) is 0.682. The Bertz CT molecular complexity index is 753. The number of hydrogen-bond donors (Lipinski definition) is 1. The van der Waals surface area contributed by atoms with Crippen LogP contribution < -0.4 is 5.32 Å². The van der Waals surface area contributed by atoms with Crippen LogP contribution in [0.4, 0.5) is 5.69 Å². The summed E-state index contributed by atoms with van der Waals surface area (Å²) in [6, 6.07) is 6.98. The largest absolute Gasteiger partial charge is 0.366 e. The zero-order valence-corrected chi connectivity index (χ0v) is 16.7. The van der Waals surface area contributed by atoms with Crippen LogP contribution in [0, 0.1) is 33.8 Å². The second kappa shape index (κ2) is 7.69. The smallest absolute Gasteiger partial charge is 0.269 e. The van der Waals surface area contributed by atoms with E-state index < -0.39 is 6.10 Å². The minimum absolute atomic E-state index is 0.0378. The van der Waals surface area contributed by atoms with Gasteiger partial charge in [0.05, 0.1) is 11.5 Å². The van der Waals surface area contributed by atoms with Gasteiger partial charge in [-0.15, -0.1) is 0 Å². The van der Waals surface area contributed by atoms with E-state index >= 15 is 0 Å². The maximum Gasteiger partial charge on any atom is 0.269 e. The Kier molecular flexibility index (Phi) is 5.04. The van der Waals surface area contributed by atoms with Gasteiger partial charge in [-0.25, -0.2) is 0 Å². The molecule has 1 atom stereocenters. The summed E-state index contributed by atoms with van der Waals surface area (Å²) in [6.45, 7) is 2.53. The maximum atomic E-state index is 13.0. The van der Waals surface area contributed by atoms with E-state index in [-0.39, 0.29) is 16.5 Å². The molecule has 1 amide bonds. The Hall–Kier alpha value is -1.99. The number of carbonyl (C=O) groups excluding carboxylic acids is 1. The molecule has 4 bridgehead atoms. The van der Waals surface area contributed by atoms with Crippen LogP contribution in [0.25, 0.3) is 0 Å². The molecule has 1 aromatic rings. The summed E-state index contributed by atoms with van der Waals surface area (Å²) < 4.78 is 5.81. The van der Waals surface area contributed by atoms with Crippen molar-refractivity contribution in [2.45, 2.75) is 50.8 Å². The lowest BCUT2D eigenvalue weighted by Gasteiger charge is -2.54. The van der Waals surface area contributed by atoms with Gasteiger partial charge in [0.25, 0.3) is 11.6 Å². The lowest BCUT2D eigenvalue weighted by Crippen LogP contribution is -2.59. The van der Waals surface area contributed by atoms with Crippen molar-refractivity contribution in [3.8, 4) is 0 Å². The highest BCUT2D eigenvalue weighted by molar-refractivity contribution is 5.81. The van der Waals surface area contributed by atoms with Crippen molar-refractivity contribution in [2.75, 3.05) is 19.7 Å². The molecule has 1 aromatic carbocycles. The molecule has 1 unspecified atom stereocenters. The molecule has 7 nitrogen and oxygen atoms in total. The summed E-state index contributed by atoms with van der Waals surface area (Å²) in [6.07, 6.45) is 6.13. The number of ether oxygens (including phenoxy) is 1. The van der Waals surface area contributed by atoms with Crippen molar-refractivity contribution >= 4 is 11.6 Å². The van der Waals surface area contributed by atoms with Crippen LogP contribution in [0.15, 0.2) is 24.3 Å². The predicted molar refractivity (Wildman–Crippen MR) is 107 cm³/mol. The van der Waals surface area contributed by atoms with Gasteiger partial charge in [-0.3, -0.25) is 19.8 Å². The Morgan fingerprint density at radius 2 is 1.76 bits per heavy atom. The van der Waals surface area contributed by atoms with Crippen molar-refractivity contribution in [2.24, 2.45) is 23.7 Å². The van der Waals surface area contributed by atoms with Crippen LogP contribution in [0.3, 0.4) is 0 Å². The number of nitro benzene ring substituents is 1. The maximum absolute atomic E-state index is 13.0. The molecular weight excluding hydrogens is 370 g/mol. The number of benzene rings is 1. The van der Waals surface area contributed by atoms with Crippen molar-refractivity contribution in [3.63, 3.8) is 0 Å². The van der Waals surface area contributed by atoms with E-state index in [0.717, 1.165) is 23.9 Å². The lowest BCUT2D eigenvalue weighted by molar-refractivity contribution is -0.384. The minimum atomic E-state index is -0.431. The predicted octanol–water partition coefficient (Wildman–Crippen LogP) is 2.74. The first-order chi connectivity index (χ1) is 14.0. The van der Waals surface area contributed by atoms with Crippen molar-refractivity contribution in [1.82, 2.24) is 10.2 Å². The average molecular weight is 399 g/mol. The number of nitro groups is 1. The lowest BCUT2D eigenvalue weighted by atomic mass is 9.54. The zero-order valence-electron chi connectivity index (χ0n) is 16.7. The quantitative estimate of drug-likeness (QED) is 0.608. The Morgan fingerprint density at radius 1 is 1.10 bits per heavy atom. The summed E-state index contributed by atoms with van der Waals surface area (Å²) >= 11 is 0. The third-order valence-electron chi connectivity index (χ3n) is 7.53. The first-order valence-corrected chi connectivity index (χ1v) is 10.9. The SMILES string of the molecule is O=C(NC1C2CC3CC(C2)CC1C3)C1CN(Cc2ccc([N+](=O)[O-])cc2)CCO1. The third kappa shape index (κ3) is 3.90. The first kappa shape index (κ1) is 19.0. The Balaban J connectivity index is 1.17. The summed E-state index contributed by atoms with van der Waals surface area (Å²) in [7, 11) is 0. The summed E-state index contributed by atoms with van der Waals surface area (Å²) in [5, 5.41) is 14.2. The fourth-order valence-corrected chi connectivity index (χ4v) is 6.40. The minimum Gasteiger partial charge on any atom is -0.366 e. The number of rotatable bonds is 5. The number of morpholine rings is 1. The normalized spacial score (nSPS) is 36.1. The molecule has 4 saturated carbocycles. The van der Waals surface area contributed by atoms with Gasteiger partial charge < -0.3 is 10.1 Å². The number of hydrogen-bond acceptors (Lipinski definition) is 5. The zero-order chi connectivity index (χ0) is 20.0. The van der Waals surface area contributed by atoms with E-state index in [1.807, 2.05) is 0 Å². The van der Waals surface area contributed by atoms with Crippen molar-refractivity contribution in [1.29, 1.82) is 0 Å². The van der Waals surface area contributed by atoms with Gasteiger partial charge in [0.2, 0.25) is 0 Å². The van der Waals surface area contributed by atoms with E-state index in [1.54, 1.807) is 12.1 Å². The van der Waals surface area contributed by atoms with E-state index in [1.165, 1.54) is 44.2 Å². The summed E-state index contributed by atoms with van der Waals surface area (Å²) in [5.74, 6) is 3.16. The molecule has 1 N–H and O–H groups in total.